The van der Waals surface area contributed by atoms with Gasteiger partial charge in [-0.15, -0.1) is 11.8 Å². The number of nitrogens with one attached hydrogen (secondary N) is 2. The van der Waals surface area contributed by atoms with Gasteiger partial charge in [0.25, 0.3) is 0 Å². The van der Waals surface area contributed by atoms with E-state index < -0.39 is 0 Å². The Balaban J connectivity index is 2.16. The van der Waals surface area contributed by atoms with Gasteiger partial charge in [-0.1, -0.05) is 20.8 Å². The molecule has 0 aliphatic carbocycles. The number of aromatic nitrogens is 4. The van der Waals surface area contributed by atoms with Gasteiger partial charge in [0, 0.05) is 6.54 Å². The van der Waals surface area contributed by atoms with Crippen molar-refractivity contribution in [3.05, 3.63) is 6.33 Å². The molecule has 0 unspecified atom stereocenters. The third-order valence-electron chi connectivity index (χ3n) is 2.72. The predicted molar refractivity (Wildman–Crippen MR) is 80.6 cm³/mol. The topological polar surface area (TPSA) is 66.5 Å². The molecule has 0 radical (unpaired) electrons. The van der Waals surface area contributed by atoms with Crippen molar-refractivity contribution in [2.24, 2.45) is 5.92 Å². The van der Waals surface area contributed by atoms with E-state index in [-0.39, 0.29) is 0 Å². The average Bonchev–Trinajstić information content (AvgIpc) is 2.84. The fraction of sp³-hybridized carbons (Fsp3) is 0.615. The highest BCUT2D eigenvalue weighted by molar-refractivity contribution is 7.99. The minimum Gasteiger partial charge on any atom is -0.354 e. The minimum absolute atomic E-state index is 0.675. The zero-order valence-corrected chi connectivity index (χ0v) is 12.5. The number of imidazole rings is 1. The zero-order chi connectivity index (χ0) is 13.7. The van der Waals surface area contributed by atoms with E-state index in [2.05, 4.69) is 46.0 Å². The van der Waals surface area contributed by atoms with Crippen molar-refractivity contribution in [3.63, 3.8) is 0 Å². The molecule has 6 heteroatoms. The maximum absolute atomic E-state index is 4.58. The van der Waals surface area contributed by atoms with Crippen LogP contribution in [-0.2, 0) is 0 Å². The van der Waals surface area contributed by atoms with E-state index >= 15 is 0 Å². The molecule has 0 spiro atoms. The molecule has 2 N–H and O–H groups in total. The molecule has 0 aromatic carbocycles. The number of anilines is 1. The highest BCUT2D eigenvalue weighted by Gasteiger charge is 2.10. The first kappa shape index (κ1) is 14.1. The third kappa shape index (κ3) is 3.83. The van der Waals surface area contributed by atoms with Crippen LogP contribution in [-0.4, -0.2) is 32.2 Å². The van der Waals surface area contributed by atoms with Gasteiger partial charge in [-0.3, -0.25) is 0 Å². The lowest BCUT2D eigenvalue weighted by Crippen LogP contribution is -2.05. The largest absolute Gasteiger partial charge is 0.354 e. The van der Waals surface area contributed by atoms with Crippen LogP contribution < -0.4 is 5.32 Å². The molecule has 0 saturated heterocycles. The lowest BCUT2D eigenvalue weighted by atomic mass is 10.2. The Morgan fingerprint density at radius 1 is 1.37 bits per heavy atom. The Labute approximate surface area is 118 Å². The number of hydrogen-bond acceptors (Lipinski definition) is 5. The molecular formula is C13H21N5S. The summed E-state index contributed by atoms with van der Waals surface area (Å²) in [4.78, 5) is 16.3. The molecule has 0 saturated carbocycles. The zero-order valence-electron chi connectivity index (χ0n) is 11.7. The third-order valence-corrected chi connectivity index (χ3v) is 3.73. The Bertz CT molecular complexity index is 523. The molecule has 104 valence electrons. The van der Waals surface area contributed by atoms with Crippen molar-refractivity contribution >= 4 is 28.9 Å². The number of fused-ring (bicyclic) bond motifs is 1. The van der Waals surface area contributed by atoms with Gasteiger partial charge in [-0.05, 0) is 24.5 Å². The average molecular weight is 279 g/mol. The number of nitrogens with zero attached hydrogens (tertiary/aromatic N) is 3. The highest BCUT2D eigenvalue weighted by atomic mass is 32.2. The quantitative estimate of drug-likeness (QED) is 0.601. The first-order chi connectivity index (χ1) is 9.20. The molecule has 5 nitrogen and oxygen atoms in total. The van der Waals surface area contributed by atoms with Crippen LogP contribution in [0.2, 0.25) is 0 Å². The summed E-state index contributed by atoms with van der Waals surface area (Å²) in [6.45, 7) is 7.48. The van der Waals surface area contributed by atoms with Crippen molar-refractivity contribution in [1.29, 1.82) is 0 Å². The maximum atomic E-state index is 4.58. The van der Waals surface area contributed by atoms with Gasteiger partial charge < -0.3 is 10.3 Å². The number of hydrogen-bond donors (Lipinski definition) is 2. The summed E-state index contributed by atoms with van der Waals surface area (Å²) < 4.78 is 0. The van der Waals surface area contributed by atoms with E-state index in [1.807, 2.05) is 0 Å². The number of H-pyrrole nitrogens is 1. The standard InChI is InChI=1S/C13H21N5S/c1-4-6-14-13-17-11-10(15-8-16-11)12(18-13)19-7-5-9(2)3/h8-9H,4-7H2,1-3H3,(H2,14,15,16,17,18). The predicted octanol–water partition coefficient (Wildman–Crippen LogP) is 3.31. The lowest BCUT2D eigenvalue weighted by Gasteiger charge is -2.07. The molecule has 2 heterocycles. The SMILES string of the molecule is CCCNc1nc(SCCC(C)C)c2[nH]cnc2n1. The Kier molecular flexibility index (Phi) is 5.01. The van der Waals surface area contributed by atoms with Gasteiger partial charge in [-0.25, -0.2) is 9.97 Å². The summed E-state index contributed by atoms with van der Waals surface area (Å²) in [5.41, 5.74) is 1.68. The first-order valence-corrected chi connectivity index (χ1v) is 7.77. The van der Waals surface area contributed by atoms with Crippen molar-refractivity contribution in [3.8, 4) is 0 Å². The molecule has 0 fully saturated rings. The second kappa shape index (κ2) is 6.75. The summed E-state index contributed by atoms with van der Waals surface area (Å²) in [6.07, 6.45) is 3.91. The molecule has 0 aliphatic heterocycles. The summed E-state index contributed by atoms with van der Waals surface area (Å²) in [5, 5.41) is 4.21. The van der Waals surface area contributed by atoms with Crippen LogP contribution in [0, 0.1) is 5.92 Å². The van der Waals surface area contributed by atoms with Crippen LogP contribution in [0.4, 0.5) is 5.95 Å². The minimum atomic E-state index is 0.675. The molecule has 0 bridgehead atoms. The fourth-order valence-electron chi connectivity index (χ4n) is 1.62. The van der Waals surface area contributed by atoms with Crippen molar-refractivity contribution in [1.82, 2.24) is 19.9 Å². The van der Waals surface area contributed by atoms with Crippen molar-refractivity contribution in [2.45, 2.75) is 38.6 Å². The van der Waals surface area contributed by atoms with E-state index in [9.17, 15) is 0 Å². The van der Waals surface area contributed by atoms with Crippen LogP contribution >= 0.6 is 11.8 Å². The van der Waals surface area contributed by atoms with E-state index in [0.29, 0.717) is 11.9 Å². The Hall–Kier alpha value is -1.30. The van der Waals surface area contributed by atoms with Gasteiger partial charge in [0.05, 0.1) is 6.33 Å². The van der Waals surface area contributed by atoms with Crippen LogP contribution in [0.1, 0.15) is 33.6 Å². The smallest absolute Gasteiger partial charge is 0.225 e. The molecule has 0 atom stereocenters. The van der Waals surface area contributed by atoms with Crippen LogP contribution in [0.3, 0.4) is 0 Å². The number of aromatic amines is 1. The Morgan fingerprint density at radius 3 is 2.95 bits per heavy atom. The lowest BCUT2D eigenvalue weighted by molar-refractivity contribution is 0.632. The van der Waals surface area contributed by atoms with Crippen molar-refractivity contribution < 1.29 is 0 Å². The summed E-state index contributed by atoms with van der Waals surface area (Å²) in [6, 6.07) is 0. The molecular weight excluding hydrogens is 258 g/mol. The van der Waals surface area contributed by atoms with Gasteiger partial charge >= 0.3 is 0 Å². The maximum Gasteiger partial charge on any atom is 0.225 e. The first-order valence-electron chi connectivity index (χ1n) is 6.78. The Morgan fingerprint density at radius 2 is 2.21 bits per heavy atom. The van der Waals surface area contributed by atoms with Crippen molar-refractivity contribution in [2.75, 3.05) is 17.6 Å². The molecule has 2 aromatic rings. The molecule has 19 heavy (non-hydrogen) atoms. The monoisotopic (exact) mass is 279 g/mol. The second-order valence-electron chi connectivity index (χ2n) is 4.91. The summed E-state index contributed by atoms with van der Waals surface area (Å²) in [7, 11) is 0. The van der Waals surface area contributed by atoms with E-state index in [0.717, 1.165) is 34.9 Å². The van der Waals surface area contributed by atoms with Crippen LogP contribution in [0.5, 0.6) is 0 Å². The second-order valence-corrected chi connectivity index (χ2v) is 5.99. The van der Waals surface area contributed by atoms with E-state index in [1.165, 1.54) is 6.42 Å². The van der Waals surface area contributed by atoms with E-state index in [4.69, 9.17) is 0 Å². The summed E-state index contributed by atoms with van der Waals surface area (Å²) in [5.74, 6) is 2.45. The molecule has 0 amide bonds. The van der Waals surface area contributed by atoms with Crippen LogP contribution in [0.15, 0.2) is 11.4 Å². The molecule has 2 rings (SSSR count). The summed E-state index contributed by atoms with van der Waals surface area (Å²) >= 11 is 1.77. The van der Waals surface area contributed by atoms with E-state index in [1.54, 1.807) is 18.1 Å². The number of thioether (sulfide) groups is 1. The fourth-order valence-corrected chi connectivity index (χ4v) is 2.85. The highest BCUT2D eigenvalue weighted by Crippen LogP contribution is 2.25. The number of rotatable bonds is 7. The molecule has 2 aromatic heterocycles. The normalized spacial score (nSPS) is 11.4. The van der Waals surface area contributed by atoms with Gasteiger partial charge in [0.1, 0.15) is 10.5 Å². The van der Waals surface area contributed by atoms with Gasteiger partial charge in [-0.2, -0.15) is 4.98 Å². The van der Waals surface area contributed by atoms with Crippen LogP contribution in [0.25, 0.3) is 11.2 Å². The van der Waals surface area contributed by atoms with Gasteiger partial charge in [0.15, 0.2) is 5.65 Å². The molecule has 0 aliphatic rings. The van der Waals surface area contributed by atoms with Gasteiger partial charge in [0.2, 0.25) is 5.95 Å².